The predicted octanol–water partition coefficient (Wildman–Crippen LogP) is 4.36. The molecule has 20 heavy (non-hydrogen) atoms. The van der Waals surface area contributed by atoms with E-state index in [0.717, 1.165) is 5.69 Å². The summed E-state index contributed by atoms with van der Waals surface area (Å²) >= 11 is 23.0. The van der Waals surface area contributed by atoms with Gasteiger partial charge in [0.05, 0.1) is 27.6 Å². The molecule has 0 unspecified atom stereocenters. The number of nitrogens with one attached hydrogen (secondary N) is 3. The molecule has 0 aliphatic heterocycles. The van der Waals surface area contributed by atoms with E-state index in [9.17, 15) is 0 Å². The molecule has 0 bridgehead atoms. The molecule has 1 aromatic heterocycles. The van der Waals surface area contributed by atoms with Crippen molar-refractivity contribution in [2.75, 3.05) is 10.7 Å². The Labute approximate surface area is 136 Å². The molecule has 0 radical (unpaired) electrons. The number of halogens is 3. The molecule has 1 aromatic carbocycles. The fourth-order valence-corrected chi connectivity index (χ4v) is 2.46. The third-order valence-corrected chi connectivity index (χ3v) is 3.25. The second kappa shape index (κ2) is 6.95. The first kappa shape index (κ1) is 15.1. The van der Waals surface area contributed by atoms with Crippen LogP contribution in [0.1, 0.15) is 0 Å². The highest BCUT2D eigenvalue weighted by atomic mass is 35.5. The van der Waals surface area contributed by atoms with Crippen LogP contribution >= 0.6 is 47.0 Å². The van der Waals surface area contributed by atoms with Crippen molar-refractivity contribution in [3.63, 3.8) is 0 Å². The smallest absolute Gasteiger partial charge is 0.189 e. The number of anilines is 2. The summed E-state index contributed by atoms with van der Waals surface area (Å²) in [5, 5.41) is 4.53. The summed E-state index contributed by atoms with van der Waals surface area (Å²) in [6.45, 7) is 0. The van der Waals surface area contributed by atoms with E-state index in [1.165, 1.54) is 0 Å². The number of hydrogen-bond acceptors (Lipinski definition) is 3. The van der Waals surface area contributed by atoms with E-state index in [1.54, 1.807) is 30.6 Å². The van der Waals surface area contributed by atoms with Gasteiger partial charge in [-0.2, -0.15) is 0 Å². The first-order chi connectivity index (χ1) is 9.56. The fourth-order valence-electron chi connectivity index (χ4n) is 1.38. The van der Waals surface area contributed by atoms with E-state index < -0.39 is 0 Å². The highest BCUT2D eigenvalue weighted by molar-refractivity contribution is 7.80. The predicted molar refractivity (Wildman–Crippen MR) is 88.7 cm³/mol. The van der Waals surface area contributed by atoms with Crippen molar-refractivity contribution in [2.45, 2.75) is 0 Å². The van der Waals surface area contributed by atoms with E-state index >= 15 is 0 Å². The Morgan fingerprint density at radius 1 is 1.15 bits per heavy atom. The summed E-state index contributed by atoms with van der Waals surface area (Å²) in [6.07, 6.45) is 3.32. The van der Waals surface area contributed by atoms with Gasteiger partial charge in [-0.25, -0.2) is 0 Å². The number of pyridine rings is 1. The molecule has 0 saturated heterocycles. The number of benzene rings is 1. The van der Waals surface area contributed by atoms with Gasteiger partial charge in [-0.3, -0.25) is 15.8 Å². The van der Waals surface area contributed by atoms with Crippen LogP contribution in [0.15, 0.2) is 36.7 Å². The summed E-state index contributed by atoms with van der Waals surface area (Å²) < 4.78 is 0. The zero-order valence-corrected chi connectivity index (χ0v) is 13.0. The van der Waals surface area contributed by atoms with Crippen LogP contribution in [0.4, 0.5) is 11.4 Å². The molecule has 0 fully saturated rings. The second-order valence-corrected chi connectivity index (χ2v) is 5.35. The molecule has 2 aromatic rings. The van der Waals surface area contributed by atoms with Crippen LogP contribution in [-0.4, -0.2) is 10.1 Å². The van der Waals surface area contributed by atoms with Crippen LogP contribution in [0, 0.1) is 0 Å². The number of hydrogen-bond donors (Lipinski definition) is 3. The lowest BCUT2D eigenvalue weighted by Crippen LogP contribution is -2.33. The van der Waals surface area contributed by atoms with Crippen molar-refractivity contribution in [2.24, 2.45) is 0 Å². The van der Waals surface area contributed by atoms with E-state index in [1.807, 2.05) is 6.07 Å². The van der Waals surface area contributed by atoms with E-state index in [-0.39, 0.29) is 0 Å². The maximum absolute atomic E-state index is 6.03. The third kappa shape index (κ3) is 4.11. The molecule has 104 valence electrons. The fraction of sp³-hybridized carbons (Fsp3) is 0. The first-order valence-corrected chi connectivity index (χ1v) is 6.98. The van der Waals surface area contributed by atoms with Gasteiger partial charge in [-0.15, -0.1) is 0 Å². The van der Waals surface area contributed by atoms with Crippen LogP contribution in [0.25, 0.3) is 0 Å². The Bertz CT molecular complexity index is 598. The molecule has 3 N–H and O–H groups in total. The molecule has 0 aliphatic carbocycles. The molecule has 0 saturated carbocycles. The van der Waals surface area contributed by atoms with Gasteiger partial charge in [0.15, 0.2) is 5.11 Å². The molecule has 4 nitrogen and oxygen atoms in total. The maximum Gasteiger partial charge on any atom is 0.189 e. The second-order valence-electron chi connectivity index (χ2n) is 3.69. The Balaban J connectivity index is 1.97. The number of rotatable bonds is 3. The van der Waals surface area contributed by atoms with Gasteiger partial charge in [-0.1, -0.05) is 34.8 Å². The average molecular weight is 348 g/mol. The zero-order chi connectivity index (χ0) is 14.5. The largest absolute Gasteiger partial charge is 0.330 e. The van der Waals surface area contributed by atoms with Crippen molar-refractivity contribution >= 4 is 63.5 Å². The molecule has 8 heteroatoms. The lowest BCUT2D eigenvalue weighted by Gasteiger charge is -2.14. The summed E-state index contributed by atoms with van der Waals surface area (Å²) in [7, 11) is 0. The van der Waals surface area contributed by atoms with Crippen molar-refractivity contribution in [3.8, 4) is 0 Å². The Kier molecular flexibility index (Phi) is 5.25. The van der Waals surface area contributed by atoms with Gasteiger partial charge in [0.1, 0.15) is 0 Å². The van der Waals surface area contributed by atoms with Crippen molar-refractivity contribution in [1.29, 1.82) is 0 Å². The van der Waals surface area contributed by atoms with E-state index in [2.05, 4.69) is 21.2 Å². The number of nitrogens with zero attached hydrogens (tertiary/aromatic N) is 1. The van der Waals surface area contributed by atoms with Gasteiger partial charge in [0.25, 0.3) is 0 Å². The van der Waals surface area contributed by atoms with Crippen LogP contribution in [-0.2, 0) is 0 Å². The molecule has 0 spiro atoms. The lowest BCUT2D eigenvalue weighted by molar-refractivity contribution is 1.14. The minimum Gasteiger partial charge on any atom is -0.330 e. The molecular weight excluding hydrogens is 339 g/mol. The summed E-state index contributed by atoms with van der Waals surface area (Å²) in [6, 6.07) is 6.79. The summed E-state index contributed by atoms with van der Waals surface area (Å²) in [5.74, 6) is 0. The Morgan fingerprint density at radius 2 is 1.85 bits per heavy atom. The minimum atomic E-state index is 0.347. The number of thiocarbonyl (C=S) groups is 1. The van der Waals surface area contributed by atoms with Crippen molar-refractivity contribution in [1.82, 2.24) is 10.4 Å². The topological polar surface area (TPSA) is 49.0 Å². The van der Waals surface area contributed by atoms with Crippen LogP contribution in [0.2, 0.25) is 15.1 Å². The van der Waals surface area contributed by atoms with Gasteiger partial charge in [0.2, 0.25) is 0 Å². The quantitative estimate of drug-likeness (QED) is 0.569. The van der Waals surface area contributed by atoms with Gasteiger partial charge >= 0.3 is 0 Å². The maximum atomic E-state index is 6.03. The SMILES string of the molecule is S=C(NNc1c(Cl)cc(Cl)cc1Cl)Nc1cccnc1. The summed E-state index contributed by atoms with van der Waals surface area (Å²) in [4.78, 5) is 3.97. The van der Waals surface area contributed by atoms with E-state index in [0.29, 0.717) is 25.9 Å². The molecule has 0 atom stereocenters. The average Bonchev–Trinajstić information content (AvgIpc) is 2.38. The Morgan fingerprint density at radius 3 is 2.45 bits per heavy atom. The van der Waals surface area contributed by atoms with E-state index in [4.69, 9.17) is 47.0 Å². The highest BCUT2D eigenvalue weighted by Gasteiger charge is 2.07. The van der Waals surface area contributed by atoms with Gasteiger partial charge < -0.3 is 5.32 Å². The van der Waals surface area contributed by atoms with Crippen LogP contribution < -0.4 is 16.2 Å². The van der Waals surface area contributed by atoms with Crippen LogP contribution in [0.3, 0.4) is 0 Å². The molecule has 0 amide bonds. The zero-order valence-electron chi connectivity index (χ0n) is 9.95. The first-order valence-electron chi connectivity index (χ1n) is 5.44. The normalized spacial score (nSPS) is 9.95. The van der Waals surface area contributed by atoms with Gasteiger partial charge in [-0.05, 0) is 36.5 Å². The minimum absolute atomic E-state index is 0.347. The standard InChI is InChI=1S/C12H9Cl3N4S/c13-7-4-9(14)11(10(15)5-7)18-19-12(20)17-8-2-1-3-16-6-8/h1-6,18H,(H2,17,19,20). The molecule has 1 heterocycles. The summed E-state index contributed by atoms with van der Waals surface area (Å²) in [5.41, 5.74) is 6.87. The third-order valence-electron chi connectivity index (χ3n) is 2.23. The van der Waals surface area contributed by atoms with Gasteiger partial charge in [0, 0.05) is 11.2 Å². The molecule has 2 rings (SSSR count). The number of hydrazine groups is 1. The Hall–Kier alpha value is -1.27. The monoisotopic (exact) mass is 346 g/mol. The van der Waals surface area contributed by atoms with Crippen molar-refractivity contribution in [3.05, 3.63) is 51.7 Å². The lowest BCUT2D eigenvalue weighted by atomic mass is 10.3. The molecular formula is C12H9Cl3N4S. The van der Waals surface area contributed by atoms with Crippen LogP contribution in [0.5, 0.6) is 0 Å². The number of aromatic nitrogens is 1. The molecule has 0 aliphatic rings. The highest BCUT2D eigenvalue weighted by Crippen LogP contribution is 2.33. The van der Waals surface area contributed by atoms with Crippen molar-refractivity contribution < 1.29 is 0 Å².